The summed E-state index contributed by atoms with van der Waals surface area (Å²) < 4.78 is 5.66. The Morgan fingerprint density at radius 1 is 0.964 bits per heavy atom. The molecule has 2 bridgehead atoms. The van der Waals surface area contributed by atoms with Crippen LogP contribution in [0.15, 0.2) is 48.5 Å². The Morgan fingerprint density at radius 3 is 2.61 bits per heavy atom. The second kappa shape index (κ2) is 7.50. The maximum absolute atomic E-state index is 12.8. The number of carbonyl (C=O) groups excluding carboxylic acids is 1. The van der Waals surface area contributed by atoms with E-state index in [-0.39, 0.29) is 12.1 Å². The van der Waals surface area contributed by atoms with E-state index in [4.69, 9.17) is 4.74 Å². The lowest BCUT2D eigenvalue weighted by Crippen LogP contribution is -2.38. The molecule has 5 rings (SSSR count). The third-order valence-electron chi connectivity index (χ3n) is 6.63. The minimum absolute atomic E-state index is 0.168. The van der Waals surface area contributed by atoms with E-state index in [1.165, 1.54) is 36.1 Å². The standard InChI is InChI=1S/C24H28N2O2/c27-24(28-17-18-7-3-1-4-8-18)26-14-11-19-15-23(26)22-16-20(9-10-21(19)22)25-12-5-2-6-13-25/h1,3-4,7-10,16,19,23H,2,5-6,11-15,17H2. The molecule has 0 radical (unpaired) electrons. The monoisotopic (exact) mass is 376 g/mol. The van der Waals surface area contributed by atoms with Crippen molar-refractivity contribution in [2.24, 2.45) is 0 Å². The first-order chi connectivity index (χ1) is 13.8. The molecule has 2 atom stereocenters. The average Bonchev–Trinajstić information content (AvgIpc) is 3.05. The van der Waals surface area contributed by atoms with Crippen molar-refractivity contribution >= 4 is 11.8 Å². The van der Waals surface area contributed by atoms with Gasteiger partial charge in [0.1, 0.15) is 6.61 Å². The summed E-state index contributed by atoms with van der Waals surface area (Å²) in [6.07, 6.45) is 5.80. The molecule has 2 heterocycles. The lowest BCUT2D eigenvalue weighted by atomic mass is 9.95. The first kappa shape index (κ1) is 17.6. The maximum atomic E-state index is 12.8. The molecule has 4 heteroatoms. The number of hydrogen-bond acceptors (Lipinski definition) is 3. The fraction of sp³-hybridized carbons (Fsp3) is 0.458. The van der Waals surface area contributed by atoms with Crippen LogP contribution in [0.5, 0.6) is 0 Å². The molecule has 2 fully saturated rings. The molecule has 146 valence electrons. The van der Waals surface area contributed by atoms with Crippen molar-refractivity contribution < 1.29 is 9.53 Å². The third-order valence-corrected chi connectivity index (χ3v) is 6.63. The number of anilines is 1. The fourth-order valence-electron chi connectivity index (χ4n) is 5.13. The second-order valence-corrected chi connectivity index (χ2v) is 8.33. The molecule has 1 aliphatic carbocycles. The van der Waals surface area contributed by atoms with E-state index in [0.717, 1.165) is 38.0 Å². The van der Waals surface area contributed by atoms with E-state index < -0.39 is 0 Å². The molecule has 0 aromatic heterocycles. The van der Waals surface area contributed by atoms with Crippen LogP contribution in [0.25, 0.3) is 0 Å². The Hall–Kier alpha value is -2.49. The number of likely N-dealkylation sites (tertiary alicyclic amines) is 1. The van der Waals surface area contributed by atoms with Crippen LogP contribution in [0.1, 0.15) is 60.8 Å². The molecule has 1 amide bonds. The normalized spacial score (nSPS) is 23.4. The van der Waals surface area contributed by atoms with E-state index in [2.05, 4.69) is 23.1 Å². The quantitative estimate of drug-likeness (QED) is 0.734. The highest BCUT2D eigenvalue weighted by atomic mass is 16.6. The van der Waals surface area contributed by atoms with Crippen molar-refractivity contribution in [1.29, 1.82) is 0 Å². The Bertz CT molecular complexity index is 845. The largest absolute Gasteiger partial charge is 0.445 e. The predicted molar refractivity (Wildman–Crippen MR) is 111 cm³/mol. The van der Waals surface area contributed by atoms with Gasteiger partial charge >= 0.3 is 6.09 Å². The van der Waals surface area contributed by atoms with Crippen LogP contribution in [-0.2, 0) is 11.3 Å². The van der Waals surface area contributed by atoms with E-state index in [0.29, 0.717) is 12.5 Å². The van der Waals surface area contributed by atoms with Crippen molar-refractivity contribution in [3.63, 3.8) is 0 Å². The number of carbonyl (C=O) groups is 1. The van der Waals surface area contributed by atoms with Gasteiger partial charge in [-0.05, 0) is 66.8 Å². The number of nitrogens with zero attached hydrogens (tertiary/aromatic N) is 2. The molecule has 0 N–H and O–H groups in total. The van der Waals surface area contributed by atoms with Gasteiger partial charge in [0.25, 0.3) is 0 Å². The minimum Gasteiger partial charge on any atom is -0.445 e. The van der Waals surface area contributed by atoms with Crippen LogP contribution < -0.4 is 4.90 Å². The average molecular weight is 377 g/mol. The number of benzene rings is 2. The van der Waals surface area contributed by atoms with Crippen LogP contribution in [-0.4, -0.2) is 30.6 Å². The molecule has 3 aliphatic rings. The number of piperidine rings is 2. The number of rotatable bonds is 3. The highest BCUT2D eigenvalue weighted by Crippen LogP contribution is 2.50. The molecule has 4 nitrogen and oxygen atoms in total. The van der Waals surface area contributed by atoms with Gasteiger partial charge < -0.3 is 14.5 Å². The van der Waals surface area contributed by atoms with Gasteiger partial charge in [-0.1, -0.05) is 36.4 Å². The van der Waals surface area contributed by atoms with Crippen molar-refractivity contribution in [1.82, 2.24) is 4.90 Å². The number of hydrogen-bond donors (Lipinski definition) is 0. The zero-order chi connectivity index (χ0) is 18.9. The topological polar surface area (TPSA) is 32.8 Å². The highest BCUT2D eigenvalue weighted by molar-refractivity contribution is 5.70. The van der Waals surface area contributed by atoms with Gasteiger partial charge in [0.15, 0.2) is 0 Å². The number of ether oxygens (including phenoxy) is 1. The van der Waals surface area contributed by atoms with Crippen molar-refractivity contribution in [2.45, 2.75) is 50.7 Å². The summed E-state index contributed by atoms with van der Waals surface area (Å²) >= 11 is 0. The number of amides is 1. The maximum Gasteiger partial charge on any atom is 0.410 e. The van der Waals surface area contributed by atoms with Gasteiger partial charge in [-0.2, -0.15) is 0 Å². The fourth-order valence-corrected chi connectivity index (χ4v) is 5.13. The molecular weight excluding hydrogens is 348 g/mol. The van der Waals surface area contributed by atoms with Crippen LogP contribution in [0.4, 0.5) is 10.5 Å². The summed E-state index contributed by atoms with van der Waals surface area (Å²) in [5.74, 6) is 0.591. The molecule has 2 unspecified atom stereocenters. The first-order valence-electron chi connectivity index (χ1n) is 10.7. The van der Waals surface area contributed by atoms with E-state index in [1.807, 2.05) is 35.2 Å². The molecule has 2 aromatic carbocycles. The second-order valence-electron chi connectivity index (χ2n) is 8.33. The van der Waals surface area contributed by atoms with Gasteiger partial charge in [-0.15, -0.1) is 0 Å². The summed E-state index contributed by atoms with van der Waals surface area (Å²) in [6.45, 7) is 3.43. The van der Waals surface area contributed by atoms with Crippen LogP contribution in [0.2, 0.25) is 0 Å². The Balaban J connectivity index is 1.33. The minimum atomic E-state index is -0.177. The van der Waals surface area contributed by atoms with Crippen LogP contribution in [0, 0.1) is 0 Å². The summed E-state index contributed by atoms with van der Waals surface area (Å²) in [7, 11) is 0. The zero-order valence-electron chi connectivity index (χ0n) is 16.3. The van der Waals surface area contributed by atoms with E-state index >= 15 is 0 Å². The molecule has 0 spiro atoms. The summed E-state index contributed by atoms with van der Waals surface area (Å²) in [4.78, 5) is 17.3. The summed E-state index contributed by atoms with van der Waals surface area (Å²) in [6, 6.07) is 17.1. The third kappa shape index (κ3) is 3.25. The Morgan fingerprint density at radius 2 is 1.79 bits per heavy atom. The summed E-state index contributed by atoms with van der Waals surface area (Å²) in [5.41, 5.74) is 5.15. The van der Waals surface area contributed by atoms with E-state index in [1.54, 1.807) is 0 Å². The Labute approximate surface area is 167 Å². The van der Waals surface area contributed by atoms with Gasteiger partial charge in [0.05, 0.1) is 6.04 Å². The highest BCUT2D eigenvalue weighted by Gasteiger charge is 2.41. The molecule has 28 heavy (non-hydrogen) atoms. The van der Waals surface area contributed by atoms with Crippen molar-refractivity contribution in [3.8, 4) is 0 Å². The van der Waals surface area contributed by atoms with E-state index in [9.17, 15) is 4.79 Å². The smallest absolute Gasteiger partial charge is 0.410 e. The SMILES string of the molecule is O=C(OCc1ccccc1)N1CCC2CC1c1cc(N3CCCCC3)ccc12. The van der Waals surface area contributed by atoms with Gasteiger partial charge in [0, 0.05) is 25.3 Å². The zero-order valence-corrected chi connectivity index (χ0v) is 16.3. The van der Waals surface area contributed by atoms with Crippen molar-refractivity contribution in [3.05, 3.63) is 65.2 Å². The lowest BCUT2D eigenvalue weighted by molar-refractivity contribution is 0.0694. The van der Waals surface area contributed by atoms with Gasteiger partial charge in [-0.25, -0.2) is 4.79 Å². The molecular formula is C24H28N2O2. The van der Waals surface area contributed by atoms with Gasteiger partial charge in [-0.3, -0.25) is 0 Å². The molecule has 2 saturated heterocycles. The molecule has 0 saturated carbocycles. The number of fused-ring (bicyclic) bond motifs is 5. The van der Waals surface area contributed by atoms with Crippen molar-refractivity contribution in [2.75, 3.05) is 24.5 Å². The summed E-state index contributed by atoms with van der Waals surface area (Å²) in [5, 5.41) is 0. The first-order valence-corrected chi connectivity index (χ1v) is 10.7. The van der Waals surface area contributed by atoms with Gasteiger partial charge in [0.2, 0.25) is 0 Å². The lowest BCUT2D eigenvalue weighted by Gasteiger charge is -2.33. The molecule has 2 aromatic rings. The predicted octanol–water partition coefficient (Wildman–Crippen LogP) is 5.25. The van der Waals surface area contributed by atoms with Crippen LogP contribution >= 0.6 is 0 Å². The Kier molecular flexibility index (Phi) is 4.71. The van der Waals surface area contributed by atoms with Crippen LogP contribution in [0.3, 0.4) is 0 Å². The molecule has 2 aliphatic heterocycles.